The van der Waals surface area contributed by atoms with Crippen molar-refractivity contribution in [3.8, 4) is 0 Å². The minimum absolute atomic E-state index is 0.0708. The fourth-order valence-electron chi connectivity index (χ4n) is 4.19. The topological polar surface area (TPSA) is 76.7 Å². The van der Waals surface area contributed by atoms with Gasteiger partial charge in [-0.2, -0.15) is 11.3 Å². The molecule has 8 heteroatoms. The number of carbonyl (C=O) groups excluding carboxylic acids is 2. The fraction of sp³-hybridized carbons (Fsp3) is 0.476. The van der Waals surface area contributed by atoms with Gasteiger partial charge in [0.25, 0.3) is 11.5 Å². The number of aromatic amines is 1. The van der Waals surface area contributed by atoms with Crippen molar-refractivity contribution in [2.75, 3.05) is 33.7 Å². The molecular weight excluding hydrogens is 388 g/mol. The monoisotopic (exact) mass is 414 g/mol. The lowest BCUT2D eigenvalue weighted by atomic mass is 9.95. The largest absolute Gasteiger partial charge is 0.338 e. The standard InChI is InChI=1S/C21H26N4O3S/c1-23(2)16-3-6-25(12-16)21(28)19-17-4-7-24(11-15(17)10-22-20(19)27)18(26)9-14-5-8-29-13-14/h5,8,10,13,16H,3-4,6-7,9,11-12H2,1-2H3,(H,22,27)/t16-/m1/s1. The van der Waals surface area contributed by atoms with E-state index in [1.54, 1.807) is 22.4 Å². The molecular formula is C21H26N4O3S. The number of H-pyrrole nitrogens is 1. The molecule has 154 valence electrons. The Kier molecular flexibility index (Phi) is 5.56. The van der Waals surface area contributed by atoms with Crippen LogP contribution in [0, 0.1) is 0 Å². The second-order valence-corrected chi connectivity index (χ2v) is 8.81. The van der Waals surface area contributed by atoms with E-state index in [2.05, 4.69) is 9.88 Å². The number of aromatic nitrogens is 1. The van der Waals surface area contributed by atoms with Crippen LogP contribution in [0.5, 0.6) is 0 Å². The first kappa shape index (κ1) is 19.8. The number of rotatable bonds is 4. The third kappa shape index (κ3) is 4.00. The Hall–Kier alpha value is -2.45. The summed E-state index contributed by atoms with van der Waals surface area (Å²) in [4.78, 5) is 46.8. The van der Waals surface area contributed by atoms with Crippen LogP contribution < -0.4 is 5.56 Å². The number of hydrogen-bond donors (Lipinski definition) is 1. The van der Waals surface area contributed by atoms with Crippen molar-refractivity contribution in [1.29, 1.82) is 0 Å². The van der Waals surface area contributed by atoms with Crippen molar-refractivity contribution in [2.24, 2.45) is 0 Å². The maximum Gasteiger partial charge on any atom is 0.261 e. The van der Waals surface area contributed by atoms with Gasteiger partial charge in [0.15, 0.2) is 0 Å². The first-order chi connectivity index (χ1) is 13.9. The number of likely N-dealkylation sites (tertiary alicyclic amines) is 1. The average Bonchev–Trinajstić information content (AvgIpc) is 3.39. The first-order valence-electron chi connectivity index (χ1n) is 9.92. The third-order valence-corrected chi connectivity index (χ3v) is 6.70. The predicted octanol–water partition coefficient (Wildman–Crippen LogP) is 1.34. The molecule has 29 heavy (non-hydrogen) atoms. The molecule has 0 saturated carbocycles. The van der Waals surface area contributed by atoms with Crippen LogP contribution in [0.2, 0.25) is 0 Å². The second kappa shape index (κ2) is 8.12. The maximum atomic E-state index is 13.1. The lowest BCUT2D eigenvalue weighted by Crippen LogP contribution is -2.41. The van der Waals surface area contributed by atoms with Gasteiger partial charge in [-0.25, -0.2) is 0 Å². The van der Waals surface area contributed by atoms with Gasteiger partial charge in [0.1, 0.15) is 5.56 Å². The van der Waals surface area contributed by atoms with Gasteiger partial charge in [-0.3, -0.25) is 14.4 Å². The van der Waals surface area contributed by atoms with Gasteiger partial charge in [0.05, 0.1) is 6.42 Å². The number of carbonyl (C=O) groups is 2. The van der Waals surface area contributed by atoms with Gasteiger partial charge < -0.3 is 19.7 Å². The van der Waals surface area contributed by atoms with Crippen molar-refractivity contribution in [2.45, 2.75) is 31.8 Å². The number of pyridine rings is 1. The van der Waals surface area contributed by atoms with E-state index in [9.17, 15) is 14.4 Å². The molecule has 2 aliphatic heterocycles. The van der Waals surface area contributed by atoms with Crippen LogP contribution in [-0.2, 0) is 24.2 Å². The summed E-state index contributed by atoms with van der Waals surface area (Å²) in [6, 6.07) is 2.29. The Morgan fingerprint density at radius 2 is 2.10 bits per heavy atom. The summed E-state index contributed by atoms with van der Waals surface area (Å²) in [5.74, 6) is -0.119. The Balaban J connectivity index is 1.53. The fourth-order valence-corrected chi connectivity index (χ4v) is 4.86. The second-order valence-electron chi connectivity index (χ2n) is 8.03. The SMILES string of the molecule is CN(C)[C@@H]1CCN(C(=O)c2c3c(c[nH]c2=O)CN(C(=O)Cc2ccsc2)CC3)C1. The summed E-state index contributed by atoms with van der Waals surface area (Å²) in [6.45, 7) is 2.26. The molecule has 0 spiro atoms. The Labute approximate surface area is 173 Å². The van der Waals surface area contributed by atoms with Crippen molar-refractivity contribution in [1.82, 2.24) is 19.7 Å². The van der Waals surface area contributed by atoms with E-state index in [0.717, 1.165) is 23.1 Å². The lowest BCUT2D eigenvalue weighted by molar-refractivity contribution is -0.131. The average molecular weight is 415 g/mol. The predicted molar refractivity (Wildman–Crippen MR) is 112 cm³/mol. The maximum absolute atomic E-state index is 13.1. The molecule has 1 N–H and O–H groups in total. The van der Waals surface area contributed by atoms with Gasteiger partial charge >= 0.3 is 0 Å². The van der Waals surface area contributed by atoms with Crippen LogP contribution in [0.25, 0.3) is 0 Å². The summed E-state index contributed by atoms with van der Waals surface area (Å²) in [5, 5.41) is 3.96. The highest BCUT2D eigenvalue weighted by molar-refractivity contribution is 7.08. The number of thiophene rings is 1. The Morgan fingerprint density at radius 1 is 1.28 bits per heavy atom. The molecule has 0 bridgehead atoms. The molecule has 0 aromatic carbocycles. The number of nitrogens with zero attached hydrogens (tertiary/aromatic N) is 3. The third-order valence-electron chi connectivity index (χ3n) is 5.97. The zero-order valence-electron chi connectivity index (χ0n) is 16.8. The van der Waals surface area contributed by atoms with Crippen molar-refractivity contribution >= 4 is 23.2 Å². The summed E-state index contributed by atoms with van der Waals surface area (Å²) in [5.41, 5.74) is 2.60. The Morgan fingerprint density at radius 3 is 2.79 bits per heavy atom. The number of amides is 2. The molecule has 2 amide bonds. The number of hydrogen-bond acceptors (Lipinski definition) is 5. The highest BCUT2D eigenvalue weighted by Crippen LogP contribution is 2.23. The van der Waals surface area contributed by atoms with Crippen LogP contribution in [-0.4, -0.2) is 71.3 Å². The molecule has 1 atom stereocenters. The number of likely N-dealkylation sites (N-methyl/N-ethyl adjacent to an activating group) is 1. The highest BCUT2D eigenvalue weighted by Gasteiger charge is 2.33. The molecule has 2 aromatic rings. The summed E-state index contributed by atoms with van der Waals surface area (Å²) in [7, 11) is 4.02. The normalized spacial score (nSPS) is 18.9. The van der Waals surface area contributed by atoms with Gasteiger partial charge in [-0.05, 0) is 60.5 Å². The van der Waals surface area contributed by atoms with E-state index in [1.807, 2.05) is 35.8 Å². The van der Waals surface area contributed by atoms with Crippen LogP contribution >= 0.6 is 11.3 Å². The quantitative estimate of drug-likeness (QED) is 0.819. The molecule has 0 unspecified atom stereocenters. The molecule has 2 aromatic heterocycles. The first-order valence-corrected chi connectivity index (χ1v) is 10.9. The Bertz CT molecular complexity index is 967. The summed E-state index contributed by atoms with van der Waals surface area (Å²) < 4.78 is 0. The molecule has 2 aliphatic rings. The van der Waals surface area contributed by atoms with Gasteiger partial charge in [-0.1, -0.05) is 0 Å². The molecule has 4 rings (SSSR count). The number of nitrogens with one attached hydrogen (secondary N) is 1. The van der Waals surface area contributed by atoms with Crippen LogP contribution in [0.15, 0.2) is 27.8 Å². The lowest BCUT2D eigenvalue weighted by Gasteiger charge is -2.30. The molecule has 0 aliphatic carbocycles. The van der Waals surface area contributed by atoms with Crippen molar-refractivity contribution in [3.63, 3.8) is 0 Å². The van der Waals surface area contributed by atoms with E-state index in [4.69, 9.17) is 0 Å². The van der Waals surface area contributed by atoms with E-state index in [-0.39, 0.29) is 22.9 Å². The van der Waals surface area contributed by atoms with Crippen LogP contribution in [0.3, 0.4) is 0 Å². The molecule has 1 saturated heterocycles. The zero-order valence-corrected chi connectivity index (χ0v) is 17.6. The van der Waals surface area contributed by atoms with Gasteiger partial charge in [-0.15, -0.1) is 0 Å². The molecule has 4 heterocycles. The minimum atomic E-state index is -0.333. The minimum Gasteiger partial charge on any atom is -0.338 e. The van der Waals surface area contributed by atoms with Crippen LogP contribution in [0.1, 0.15) is 33.5 Å². The summed E-state index contributed by atoms with van der Waals surface area (Å²) >= 11 is 1.58. The highest BCUT2D eigenvalue weighted by atomic mass is 32.1. The van der Waals surface area contributed by atoms with E-state index < -0.39 is 0 Å². The van der Waals surface area contributed by atoms with Gasteiger partial charge in [0, 0.05) is 38.4 Å². The molecule has 7 nitrogen and oxygen atoms in total. The zero-order chi connectivity index (χ0) is 20.5. The molecule has 0 radical (unpaired) electrons. The number of fused-ring (bicyclic) bond motifs is 1. The van der Waals surface area contributed by atoms with E-state index in [1.165, 1.54) is 0 Å². The van der Waals surface area contributed by atoms with Crippen LogP contribution in [0.4, 0.5) is 0 Å². The summed E-state index contributed by atoms with van der Waals surface area (Å²) in [6.07, 6.45) is 3.48. The smallest absolute Gasteiger partial charge is 0.261 e. The van der Waals surface area contributed by atoms with Crippen molar-refractivity contribution in [3.05, 3.63) is 55.6 Å². The van der Waals surface area contributed by atoms with Crippen molar-refractivity contribution < 1.29 is 9.59 Å². The van der Waals surface area contributed by atoms with E-state index in [0.29, 0.717) is 45.1 Å². The van der Waals surface area contributed by atoms with Gasteiger partial charge in [0.2, 0.25) is 5.91 Å². The molecule has 1 fully saturated rings. The van der Waals surface area contributed by atoms with E-state index >= 15 is 0 Å².